The lowest BCUT2D eigenvalue weighted by Crippen LogP contribution is -2.56. The summed E-state index contributed by atoms with van der Waals surface area (Å²) in [6.07, 6.45) is 7.38. The molecule has 1 N–H and O–H groups in total. The Morgan fingerprint density at radius 3 is 2.63 bits per heavy atom. The molecular formula is C22H38N4O4. The average Bonchev–Trinajstić information content (AvgIpc) is 3.20. The summed E-state index contributed by atoms with van der Waals surface area (Å²) in [5, 5.41) is 2.93. The molecule has 4 aliphatic rings. The molecule has 4 fully saturated rings. The van der Waals surface area contributed by atoms with Gasteiger partial charge in [-0.25, -0.2) is 4.79 Å². The predicted octanol–water partition coefficient (Wildman–Crippen LogP) is 1.50. The molecule has 8 nitrogen and oxygen atoms in total. The van der Waals surface area contributed by atoms with E-state index in [9.17, 15) is 9.59 Å². The monoisotopic (exact) mass is 422 g/mol. The number of carbonyl (C=O) groups excluding carboxylic acids is 2. The van der Waals surface area contributed by atoms with Crippen LogP contribution in [-0.4, -0.2) is 98.5 Å². The molecule has 1 aliphatic carbocycles. The van der Waals surface area contributed by atoms with Gasteiger partial charge in [0.1, 0.15) is 0 Å². The Morgan fingerprint density at radius 1 is 1.17 bits per heavy atom. The third-order valence-corrected chi connectivity index (χ3v) is 7.55. The number of nitrogens with one attached hydrogen (secondary N) is 1. The molecule has 0 radical (unpaired) electrons. The highest BCUT2D eigenvalue weighted by molar-refractivity contribution is 5.95. The third kappa shape index (κ3) is 4.82. The number of likely N-dealkylation sites (tertiary alicyclic amines) is 2. The molecule has 8 heteroatoms. The lowest BCUT2D eigenvalue weighted by molar-refractivity contribution is -0.202. The molecule has 0 bridgehead atoms. The van der Waals surface area contributed by atoms with Crippen molar-refractivity contribution in [2.75, 3.05) is 60.0 Å². The molecule has 3 heterocycles. The van der Waals surface area contributed by atoms with E-state index in [1.807, 2.05) is 0 Å². The summed E-state index contributed by atoms with van der Waals surface area (Å²) < 4.78 is 11.9. The maximum absolute atomic E-state index is 13.1. The second-order valence-corrected chi connectivity index (χ2v) is 9.58. The van der Waals surface area contributed by atoms with Crippen molar-refractivity contribution in [1.29, 1.82) is 0 Å². The number of carbonyl (C=O) groups is 2. The van der Waals surface area contributed by atoms with Crippen LogP contribution in [0.1, 0.15) is 44.9 Å². The number of hydrogen-bond acceptors (Lipinski definition) is 6. The maximum atomic E-state index is 13.1. The summed E-state index contributed by atoms with van der Waals surface area (Å²) in [5.74, 6) is -0.320. The summed E-state index contributed by atoms with van der Waals surface area (Å²) in [7, 11) is 3.71. The van der Waals surface area contributed by atoms with Crippen molar-refractivity contribution in [3.63, 3.8) is 0 Å². The van der Waals surface area contributed by atoms with Gasteiger partial charge in [0.25, 0.3) is 0 Å². The van der Waals surface area contributed by atoms with Gasteiger partial charge in [-0.2, -0.15) is 0 Å². The summed E-state index contributed by atoms with van der Waals surface area (Å²) in [5.41, 5.74) is 0. The second kappa shape index (κ2) is 9.51. The van der Waals surface area contributed by atoms with Crippen molar-refractivity contribution in [1.82, 2.24) is 20.0 Å². The number of amides is 3. The minimum atomic E-state index is -0.440. The van der Waals surface area contributed by atoms with E-state index < -0.39 is 5.79 Å². The van der Waals surface area contributed by atoms with Gasteiger partial charge in [-0.05, 0) is 51.7 Å². The number of piperidine rings is 2. The van der Waals surface area contributed by atoms with Crippen molar-refractivity contribution in [2.24, 2.45) is 11.8 Å². The number of hydrogen-bond donors (Lipinski definition) is 1. The number of urea groups is 1. The SMILES string of the molecule is CN(C(=O)NCCN1CCCCC1)C(=O)[C@@H]1C[C@@H]2CC3(CC[C@H]2N(C)C1)OCCO3. The highest BCUT2D eigenvalue weighted by Crippen LogP contribution is 2.45. The molecule has 3 saturated heterocycles. The number of imide groups is 1. The standard InChI is InChI=1S/C22H38N4O4/c1-24-16-18(14-17-15-22(7-6-19(17)24)29-12-13-30-22)20(27)25(2)21(28)23-8-11-26-9-4-3-5-10-26/h17-19H,3-16H2,1-2H3,(H,23,28)/t17-,18-,19-/m1/s1. The van der Waals surface area contributed by atoms with Crippen molar-refractivity contribution in [3.8, 4) is 0 Å². The predicted molar refractivity (Wildman–Crippen MR) is 113 cm³/mol. The molecule has 3 amide bonds. The van der Waals surface area contributed by atoms with Gasteiger partial charge in [0.15, 0.2) is 5.79 Å². The molecule has 3 aliphatic heterocycles. The van der Waals surface area contributed by atoms with Gasteiger partial charge < -0.3 is 24.6 Å². The van der Waals surface area contributed by atoms with E-state index in [0.29, 0.717) is 38.3 Å². The van der Waals surface area contributed by atoms with Crippen LogP contribution in [0.25, 0.3) is 0 Å². The van der Waals surface area contributed by atoms with Crippen molar-refractivity contribution in [2.45, 2.75) is 56.8 Å². The Labute approximate surface area is 180 Å². The summed E-state index contributed by atoms with van der Waals surface area (Å²) in [6.45, 7) is 5.69. The first-order valence-electron chi connectivity index (χ1n) is 11.7. The lowest BCUT2D eigenvalue weighted by Gasteiger charge is -2.49. The van der Waals surface area contributed by atoms with Crippen molar-refractivity contribution in [3.05, 3.63) is 0 Å². The summed E-state index contributed by atoms with van der Waals surface area (Å²) >= 11 is 0. The molecule has 3 atom stereocenters. The van der Waals surface area contributed by atoms with Gasteiger partial charge in [0, 0.05) is 45.6 Å². The molecule has 0 aromatic heterocycles. The van der Waals surface area contributed by atoms with E-state index >= 15 is 0 Å². The molecule has 0 aromatic carbocycles. The zero-order valence-electron chi connectivity index (χ0n) is 18.6. The minimum absolute atomic E-state index is 0.0799. The van der Waals surface area contributed by atoms with Gasteiger partial charge >= 0.3 is 6.03 Å². The molecule has 4 rings (SSSR count). The largest absolute Gasteiger partial charge is 0.348 e. The van der Waals surface area contributed by atoms with Crippen LogP contribution in [0.4, 0.5) is 4.79 Å². The summed E-state index contributed by atoms with van der Waals surface area (Å²) in [4.78, 5) is 31.6. The average molecular weight is 423 g/mol. The molecule has 0 aromatic rings. The molecular weight excluding hydrogens is 384 g/mol. The normalized spacial score (nSPS) is 32.0. The topological polar surface area (TPSA) is 74.4 Å². The van der Waals surface area contributed by atoms with Gasteiger partial charge in [-0.15, -0.1) is 0 Å². The van der Waals surface area contributed by atoms with Gasteiger partial charge in [-0.1, -0.05) is 6.42 Å². The highest BCUT2D eigenvalue weighted by atomic mass is 16.7. The lowest BCUT2D eigenvalue weighted by atomic mass is 9.72. The van der Waals surface area contributed by atoms with Crippen LogP contribution in [-0.2, 0) is 14.3 Å². The van der Waals surface area contributed by atoms with Crippen LogP contribution < -0.4 is 5.32 Å². The Hall–Kier alpha value is -1.22. The molecule has 0 unspecified atom stereocenters. The van der Waals surface area contributed by atoms with Crippen molar-refractivity contribution < 1.29 is 19.1 Å². The molecule has 170 valence electrons. The van der Waals surface area contributed by atoms with E-state index in [-0.39, 0.29) is 17.9 Å². The first-order valence-corrected chi connectivity index (χ1v) is 11.7. The fraction of sp³-hybridized carbons (Fsp3) is 0.909. The van der Waals surface area contributed by atoms with Crippen LogP contribution in [0, 0.1) is 11.8 Å². The van der Waals surface area contributed by atoms with Crippen molar-refractivity contribution >= 4 is 11.9 Å². The Balaban J connectivity index is 1.28. The first kappa shape index (κ1) is 22.0. The van der Waals surface area contributed by atoms with E-state index in [2.05, 4.69) is 22.2 Å². The second-order valence-electron chi connectivity index (χ2n) is 9.58. The molecule has 1 saturated carbocycles. The van der Waals surface area contributed by atoms with Crippen LogP contribution in [0.5, 0.6) is 0 Å². The zero-order valence-corrected chi connectivity index (χ0v) is 18.6. The number of nitrogens with zero attached hydrogens (tertiary/aromatic N) is 3. The Morgan fingerprint density at radius 2 is 1.90 bits per heavy atom. The minimum Gasteiger partial charge on any atom is -0.348 e. The van der Waals surface area contributed by atoms with E-state index in [1.54, 1.807) is 7.05 Å². The van der Waals surface area contributed by atoms with Gasteiger partial charge in [-0.3, -0.25) is 9.69 Å². The van der Waals surface area contributed by atoms with Gasteiger partial charge in [0.2, 0.25) is 5.91 Å². The van der Waals surface area contributed by atoms with Gasteiger partial charge in [0.05, 0.1) is 19.1 Å². The van der Waals surface area contributed by atoms with Crippen LogP contribution in [0.2, 0.25) is 0 Å². The van der Waals surface area contributed by atoms with E-state index in [0.717, 1.165) is 45.3 Å². The third-order valence-electron chi connectivity index (χ3n) is 7.55. The highest BCUT2D eigenvalue weighted by Gasteiger charge is 2.49. The quantitative estimate of drug-likeness (QED) is 0.740. The maximum Gasteiger partial charge on any atom is 0.323 e. The fourth-order valence-electron chi connectivity index (χ4n) is 5.92. The van der Waals surface area contributed by atoms with Crippen LogP contribution in [0.3, 0.4) is 0 Å². The van der Waals surface area contributed by atoms with E-state index in [1.165, 1.54) is 24.2 Å². The summed E-state index contributed by atoms with van der Waals surface area (Å²) in [6, 6.07) is 0.181. The Kier molecular flexibility index (Phi) is 6.97. The number of ether oxygens (including phenoxy) is 2. The smallest absolute Gasteiger partial charge is 0.323 e. The molecule has 30 heavy (non-hydrogen) atoms. The Bertz CT molecular complexity index is 618. The molecule has 1 spiro atoms. The fourth-order valence-corrected chi connectivity index (χ4v) is 5.92. The number of fused-ring (bicyclic) bond motifs is 1. The van der Waals surface area contributed by atoms with E-state index in [4.69, 9.17) is 9.47 Å². The van der Waals surface area contributed by atoms with Crippen LogP contribution >= 0.6 is 0 Å². The zero-order chi connectivity index (χ0) is 21.1. The van der Waals surface area contributed by atoms with Crippen LogP contribution in [0.15, 0.2) is 0 Å². The first-order chi connectivity index (χ1) is 14.5. The number of rotatable bonds is 4.